The second-order valence-corrected chi connectivity index (χ2v) is 8.50. The Labute approximate surface area is 196 Å². The smallest absolute Gasteiger partial charge is 0.308 e. The number of fused-ring (bicyclic) bond motifs is 2. The van der Waals surface area contributed by atoms with E-state index < -0.39 is 0 Å². The third-order valence-electron chi connectivity index (χ3n) is 6.01. The SMILES string of the molecule is COC(=O)C[C@H]1CC[C@@H]2[C@@H](COc3ccc(NC(=O)c4ccccc4Cl)cc3C(=O)N2C)O1. The van der Waals surface area contributed by atoms with Crippen LogP contribution >= 0.6 is 11.6 Å². The molecule has 2 aromatic carbocycles. The lowest BCUT2D eigenvalue weighted by molar-refractivity contribution is -0.151. The zero-order chi connectivity index (χ0) is 23.5. The van der Waals surface area contributed by atoms with Crippen molar-refractivity contribution >= 4 is 35.1 Å². The lowest BCUT2D eigenvalue weighted by atomic mass is 9.94. The van der Waals surface area contributed by atoms with Crippen LogP contribution in [0.3, 0.4) is 0 Å². The molecule has 9 heteroatoms. The van der Waals surface area contributed by atoms with Crippen LogP contribution in [0.4, 0.5) is 5.69 Å². The third kappa shape index (κ3) is 4.96. The minimum atomic E-state index is -0.370. The second-order valence-electron chi connectivity index (χ2n) is 8.09. The first-order valence-corrected chi connectivity index (χ1v) is 11.1. The van der Waals surface area contributed by atoms with Crippen LogP contribution in [-0.4, -0.2) is 61.7 Å². The number of carbonyl (C=O) groups excluding carboxylic acids is 3. The number of anilines is 1. The Morgan fingerprint density at radius 2 is 2.00 bits per heavy atom. The number of likely N-dealkylation sites (N-methyl/N-ethyl adjacent to an activating group) is 1. The largest absolute Gasteiger partial charge is 0.490 e. The maximum Gasteiger partial charge on any atom is 0.308 e. The lowest BCUT2D eigenvalue weighted by Gasteiger charge is -2.42. The fourth-order valence-electron chi connectivity index (χ4n) is 4.22. The molecular formula is C24H25ClN2O6. The van der Waals surface area contributed by atoms with Crippen LogP contribution in [0.15, 0.2) is 42.5 Å². The Kier molecular flexibility index (Phi) is 6.85. The van der Waals surface area contributed by atoms with E-state index in [0.717, 1.165) is 0 Å². The summed E-state index contributed by atoms with van der Waals surface area (Å²) in [6, 6.07) is 11.5. The Morgan fingerprint density at radius 3 is 2.76 bits per heavy atom. The van der Waals surface area contributed by atoms with Crippen LogP contribution in [-0.2, 0) is 14.3 Å². The van der Waals surface area contributed by atoms with E-state index in [1.807, 2.05) is 0 Å². The van der Waals surface area contributed by atoms with Gasteiger partial charge in [0.15, 0.2) is 0 Å². The number of nitrogens with one attached hydrogen (secondary N) is 1. The highest BCUT2D eigenvalue weighted by Crippen LogP contribution is 2.32. The molecule has 1 N–H and O–H groups in total. The van der Waals surface area contributed by atoms with Gasteiger partial charge in [-0.05, 0) is 43.2 Å². The maximum absolute atomic E-state index is 13.3. The van der Waals surface area contributed by atoms with Crippen LogP contribution in [0.25, 0.3) is 0 Å². The lowest BCUT2D eigenvalue weighted by Crippen LogP contribution is -2.53. The minimum absolute atomic E-state index is 0.169. The molecule has 0 aliphatic carbocycles. The Balaban J connectivity index is 1.52. The summed E-state index contributed by atoms with van der Waals surface area (Å²) in [5.74, 6) is -0.528. The number of nitrogens with zero attached hydrogens (tertiary/aromatic N) is 1. The molecule has 0 spiro atoms. The van der Waals surface area contributed by atoms with Gasteiger partial charge in [0.05, 0.1) is 41.8 Å². The number of hydrogen-bond donors (Lipinski definition) is 1. The van der Waals surface area contributed by atoms with Gasteiger partial charge in [0.1, 0.15) is 18.5 Å². The topological polar surface area (TPSA) is 94.2 Å². The first-order valence-electron chi connectivity index (χ1n) is 10.7. The summed E-state index contributed by atoms with van der Waals surface area (Å²) in [6.07, 6.45) is 0.843. The van der Waals surface area contributed by atoms with Gasteiger partial charge in [-0.1, -0.05) is 23.7 Å². The molecule has 4 rings (SSSR count). The van der Waals surface area contributed by atoms with Crippen molar-refractivity contribution in [1.29, 1.82) is 0 Å². The standard InChI is InChI=1S/C24H25ClN2O6/c1-27-19-9-8-15(12-22(28)31-2)33-21(19)13-32-20-10-7-14(11-17(20)24(27)30)26-23(29)16-5-3-4-6-18(16)25/h3-7,10-11,15,19,21H,8-9,12-13H2,1-2H3,(H,26,29)/t15-,19-,21-/m1/s1. The van der Waals surface area contributed by atoms with Crippen LogP contribution < -0.4 is 10.1 Å². The normalized spacial score (nSPS) is 22.2. The number of ether oxygens (including phenoxy) is 3. The number of halogens is 1. The van der Waals surface area contributed by atoms with Crippen LogP contribution in [0, 0.1) is 0 Å². The predicted molar refractivity (Wildman–Crippen MR) is 122 cm³/mol. The number of carbonyl (C=O) groups is 3. The molecule has 2 aliphatic heterocycles. The fraction of sp³-hybridized carbons (Fsp3) is 0.375. The van der Waals surface area contributed by atoms with Crippen LogP contribution in [0.5, 0.6) is 5.75 Å². The average molecular weight is 473 g/mol. The molecule has 2 aromatic rings. The van der Waals surface area contributed by atoms with E-state index in [1.165, 1.54) is 7.11 Å². The first-order chi connectivity index (χ1) is 15.9. The highest BCUT2D eigenvalue weighted by molar-refractivity contribution is 6.34. The number of rotatable bonds is 4. The summed E-state index contributed by atoms with van der Waals surface area (Å²) in [6.45, 7) is 0.234. The summed E-state index contributed by atoms with van der Waals surface area (Å²) >= 11 is 6.11. The van der Waals surface area contributed by atoms with Crippen molar-refractivity contribution in [3.8, 4) is 5.75 Å². The monoisotopic (exact) mass is 472 g/mol. The van der Waals surface area contributed by atoms with Gasteiger partial charge in [0, 0.05) is 12.7 Å². The summed E-state index contributed by atoms with van der Waals surface area (Å²) in [5.41, 5.74) is 1.15. The quantitative estimate of drug-likeness (QED) is 0.684. The van der Waals surface area contributed by atoms with Crippen LogP contribution in [0.2, 0.25) is 5.02 Å². The van der Waals surface area contributed by atoms with E-state index in [9.17, 15) is 14.4 Å². The molecule has 2 aliphatic rings. The highest BCUT2D eigenvalue weighted by Gasteiger charge is 2.39. The molecular weight excluding hydrogens is 448 g/mol. The van der Waals surface area contributed by atoms with Crippen molar-refractivity contribution in [2.75, 3.05) is 26.1 Å². The number of amides is 2. The Hall–Kier alpha value is -3.10. The molecule has 8 nitrogen and oxygen atoms in total. The molecule has 0 unspecified atom stereocenters. The van der Waals surface area contributed by atoms with E-state index in [-0.39, 0.29) is 49.1 Å². The Morgan fingerprint density at radius 1 is 1.21 bits per heavy atom. The van der Waals surface area contributed by atoms with E-state index >= 15 is 0 Å². The van der Waals surface area contributed by atoms with Gasteiger partial charge < -0.3 is 24.4 Å². The summed E-state index contributed by atoms with van der Waals surface area (Å²) in [7, 11) is 3.08. The zero-order valence-electron chi connectivity index (χ0n) is 18.4. The van der Waals surface area contributed by atoms with Crippen molar-refractivity contribution in [2.45, 2.75) is 37.5 Å². The van der Waals surface area contributed by atoms with Crippen LogP contribution in [0.1, 0.15) is 40.0 Å². The van der Waals surface area contributed by atoms with Gasteiger partial charge in [-0.15, -0.1) is 0 Å². The highest BCUT2D eigenvalue weighted by atomic mass is 35.5. The van der Waals surface area contributed by atoms with Crippen molar-refractivity contribution < 1.29 is 28.6 Å². The molecule has 0 saturated carbocycles. The second kappa shape index (κ2) is 9.80. The van der Waals surface area contributed by atoms with E-state index in [1.54, 1.807) is 54.4 Å². The number of benzene rings is 2. The van der Waals surface area contributed by atoms with E-state index in [4.69, 9.17) is 25.8 Å². The van der Waals surface area contributed by atoms with Crippen molar-refractivity contribution in [3.63, 3.8) is 0 Å². The molecule has 0 aromatic heterocycles. The van der Waals surface area contributed by atoms with Crippen molar-refractivity contribution in [2.24, 2.45) is 0 Å². The first kappa shape index (κ1) is 23.1. The molecule has 3 atom stereocenters. The van der Waals surface area contributed by atoms with Gasteiger partial charge in [-0.3, -0.25) is 14.4 Å². The number of esters is 1. The number of methoxy groups -OCH3 is 1. The summed E-state index contributed by atoms with van der Waals surface area (Å²) < 4.78 is 16.8. The predicted octanol–water partition coefficient (Wildman–Crippen LogP) is 3.54. The molecule has 2 heterocycles. The molecule has 0 radical (unpaired) electrons. The van der Waals surface area contributed by atoms with Gasteiger partial charge in [0.25, 0.3) is 11.8 Å². The third-order valence-corrected chi connectivity index (χ3v) is 6.34. The summed E-state index contributed by atoms with van der Waals surface area (Å²) in [5, 5.41) is 3.13. The van der Waals surface area contributed by atoms with Gasteiger partial charge in [-0.25, -0.2) is 0 Å². The van der Waals surface area contributed by atoms with E-state index in [0.29, 0.717) is 40.4 Å². The van der Waals surface area contributed by atoms with Gasteiger partial charge in [0.2, 0.25) is 0 Å². The van der Waals surface area contributed by atoms with Crippen molar-refractivity contribution in [3.05, 3.63) is 58.6 Å². The van der Waals surface area contributed by atoms with Gasteiger partial charge >= 0.3 is 5.97 Å². The fourth-order valence-corrected chi connectivity index (χ4v) is 4.44. The van der Waals surface area contributed by atoms with Gasteiger partial charge in [-0.2, -0.15) is 0 Å². The molecule has 174 valence electrons. The van der Waals surface area contributed by atoms with E-state index in [2.05, 4.69) is 5.32 Å². The molecule has 0 bridgehead atoms. The maximum atomic E-state index is 13.3. The average Bonchev–Trinajstić information content (AvgIpc) is 2.82. The molecule has 1 saturated heterocycles. The summed E-state index contributed by atoms with van der Waals surface area (Å²) in [4.78, 5) is 39.2. The Bertz CT molecular complexity index is 1070. The van der Waals surface area contributed by atoms with Crippen molar-refractivity contribution in [1.82, 2.24) is 4.90 Å². The number of hydrogen-bond acceptors (Lipinski definition) is 6. The zero-order valence-corrected chi connectivity index (χ0v) is 19.1. The minimum Gasteiger partial charge on any atom is -0.490 e. The molecule has 2 amide bonds. The molecule has 1 fully saturated rings. The molecule has 33 heavy (non-hydrogen) atoms.